The number of non-ortho nitro benzene ring substituents is 1. The maximum Gasteiger partial charge on any atom is 0.270 e. The topological polar surface area (TPSA) is 55.6 Å². The van der Waals surface area contributed by atoms with E-state index in [0.29, 0.717) is 6.04 Å². The molecule has 1 aliphatic rings. The molecule has 5 nitrogen and oxygen atoms in total. The summed E-state index contributed by atoms with van der Waals surface area (Å²) in [6.45, 7) is 2.18. The Bertz CT molecular complexity index is 1110. The number of rotatable bonds is 5. The van der Waals surface area contributed by atoms with E-state index in [1.165, 1.54) is 22.8 Å². The Kier molecular flexibility index (Phi) is 5.65. The molecule has 0 heterocycles. The van der Waals surface area contributed by atoms with Gasteiger partial charge in [0.05, 0.1) is 4.92 Å². The number of ether oxygens (including phenoxy) is 1. The molecule has 0 amide bonds. The number of benzene rings is 3. The third-order valence-corrected chi connectivity index (χ3v) is 6.62. The number of likely N-dealkylation sites (N-methyl/N-ethyl adjacent to an activating group) is 1. The molecule has 1 aliphatic carbocycles. The highest BCUT2D eigenvalue weighted by Crippen LogP contribution is 2.41. The van der Waals surface area contributed by atoms with Gasteiger partial charge in [0.15, 0.2) is 0 Å². The Morgan fingerprint density at radius 1 is 0.968 bits per heavy atom. The van der Waals surface area contributed by atoms with Crippen molar-refractivity contribution in [2.24, 2.45) is 0 Å². The zero-order valence-corrected chi connectivity index (χ0v) is 18.5. The molecule has 160 valence electrons. The van der Waals surface area contributed by atoms with Crippen LogP contribution < -0.4 is 0 Å². The van der Waals surface area contributed by atoms with Gasteiger partial charge >= 0.3 is 0 Å². The number of fused-ring (bicyclic) bond motifs is 1. The number of hydrogen-bond acceptors (Lipinski definition) is 4. The van der Waals surface area contributed by atoms with E-state index in [1.54, 1.807) is 19.2 Å². The van der Waals surface area contributed by atoms with Crippen LogP contribution in [0.2, 0.25) is 0 Å². The molecule has 0 saturated heterocycles. The summed E-state index contributed by atoms with van der Waals surface area (Å²) in [4.78, 5) is 13.0. The lowest BCUT2D eigenvalue weighted by atomic mass is 9.75. The van der Waals surface area contributed by atoms with E-state index >= 15 is 0 Å². The molecule has 0 N–H and O–H groups in total. The highest BCUT2D eigenvalue weighted by molar-refractivity contribution is 5.72. The predicted molar refractivity (Wildman–Crippen MR) is 124 cm³/mol. The van der Waals surface area contributed by atoms with Crippen LogP contribution in [0.1, 0.15) is 24.5 Å². The second-order valence-corrected chi connectivity index (χ2v) is 8.59. The number of hydrogen-bond donors (Lipinski definition) is 0. The summed E-state index contributed by atoms with van der Waals surface area (Å²) in [6, 6.07) is 21.9. The maximum atomic E-state index is 11.1. The van der Waals surface area contributed by atoms with Crippen molar-refractivity contribution in [1.82, 2.24) is 4.90 Å². The van der Waals surface area contributed by atoms with Gasteiger partial charge in [0.25, 0.3) is 5.69 Å². The Morgan fingerprint density at radius 2 is 1.58 bits per heavy atom. The first-order valence-electron chi connectivity index (χ1n) is 10.5. The van der Waals surface area contributed by atoms with Gasteiger partial charge < -0.3 is 9.64 Å². The van der Waals surface area contributed by atoms with Gasteiger partial charge in [0, 0.05) is 25.3 Å². The van der Waals surface area contributed by atoms with Crippen LogP contribution in [-0.2, 0) is 16.8 Å². The Hall–Kier alpha value is -3.02. The summed E-state index contributed by atoms with van der Waals surface area (Å²) in [5.41, 5.74) is 6.48. The zero-order valence-electron chi connectivity index (χ0n) is 18.5. The first-order chi connectivity index (χ1) is 14.8. The molecule has 0 spiro atoms. The minimum atomic E-state index is -0.361. The molecule has 5 heteroatoms. The van der Waals surface area contributed by atoms with Crippen LogP contribution in [0.5, 0.6) is 0 Å². The van der Waals surface area contributed by atoms with Crippen LogP contribution in [-0.4, -0.2) is 37.1 Å². The maximum absolute atomic E-state index is 11.1. The summed E-state index contributed by atoms with van der Waals surface area (Å²) in [7, 11) is 6.03. The lowest BCUT2D eigenvalue weighted by Crippen LogP contribution is -2.50. The Morgan fingerprint density at radius 3 is 2.16 bits per heavy atom. The number of nitrogens with zero attached hydrogens (tertiary/aromatic N) is 2. The molecule has 0 aromatic heterocycles. The molecule has 0 fully saturated rings. The minimum Gasteiger partial charge on any atom is -0.372 e. The second-order valence-electron chi connectivity index (χ2n) is 8.59. The molecule has 3 aromatic carbocycles. The first kappa shape index (κ1) is 21.2. The summed E-state index contributed by atoms with van der Waals surface area (Å²) in [5, 5.41) is 11.1. The normalized spacial score (nSPS) is 20.5. The molecule has 0 radical (unpaired) electrons. The van der Waals surface area contributed by atoms with E-state index < -0.39 is 0 Å². The summed E-state index contributed by atoms with van der Waals surface area (Å²) in [5.74, 6) is 0. The van der Waals surface area contributed by atoms with Crippen LogP contribution in [0.3, 0.4) is 0 Å². The van der Waals surface area contributed by atoms with Crippen LogP contribution >= 0.6 is 0 Å². The third-order valence-electron chi connectivity index (χ3n) is 6.62. The molecule has 2 atom stereocenters. The first-order valence-corrected chi connectivity index (χ1v) is 10.5. The van der Waals surface area contributed by atoms with E-state index in [1.807, 2.05) is 18.2 Å². The number of aryl methyl sites for hydroxylation is 1. The monoisotopic (exact) mass is 416 g/mol. The van der Waals surface area contributed by atoms with Gasteiger partial charge in [-0.2, -0.15) is 0 Å². The largest absolute Gasteiger partial charge is 0.372 e. The van der Waals surface area contributed by atoms with Crippen LogP contribution in [0.15, 0.2) is 66.7 Å². The zero-order chi connectivity index (χ0) is 22.2. The lowest BCUT2D eigenvalue weighted by Gasteiger charge is -2.45. The molecule has 0 saturated carbocycles. The molecule has 0 bridgehead atoms. The van der Waals surface area contributed by atoms with E-state index in [-0.39, 0.29) is 16.2 Å². The highest BCUT2D eigenvalue weighted by atomic mass is 16.6. The molecule has 0 aliphatic heterocycles. The Labute approximate surface area is 183 Å². The standard InChI is InChI=1S/C26H28N2O3/c1-26(31-4)24-14-12-21(16-22(24)13-15-25(26)27(2)3)19-10-8-18(9-11-19)20-6-5-7-23(17-20)28(29)30/h5-12,14,16-17,25H,13,15H2,1-4H3. The Balaban J connectivity index is 1.65. The summed E-state index contributed by atoms with van der Waals surface area (Å²) < 4.78 is 6.03. The van der Waals surface area contributed by atoms with Gasteiger partial charge in [0.1, 0.15) is 5.60 Å². The second kappa shape index (κ2) is 8.25. The summed E-state index contributed by atoms with van der Waals surface area (Å²) in [6.07, 6.45) is 2.08. The summed E-state index contributed by atoms with van der Waals surface area (Å²) >= 11 is 0. The van der Waals surface area contributed by atoms with Gasteiger partial charge in [-0.05, 0) is 67.2 Å². The molecule has 31 heavy (non-hydrogen) atoms. The number of nitro groups is 1. The third kappa shape index (κ3) is 3.87. The van der Waals surface area contributed by atoms with E-state index in [0.717, 1.165) is 29.5 Å². The average molecular weight is 417 g/mol. The number of nitro benzene ring substituents is 1. The molecule has 4 rings (SSSR count). The van der Waals surface area contributed by atoms with Crippen molar-refractivity contribution in [1.29, 1.82) is 0 Å². The molecular formula is C26H28N2O3. The smallest absolute Gasteiger partial charge is 0.270 e. The van der Waals surface area contributed by atoms with Crippen molar-refractivity contribution >= 4 is 5.69 Å². The highest BCUT2D eigenvalue weighted by Gasteiger charge is 2.41. The fourth-order valence-corrected chi connectivity index (χ4v) is 4.86. The quantitative estimate of drug-likeness (QED) is 0.397. The van der Waals surface area contributed by atoms with Gasteiger partial charge in [-0.15, -0.1) is 0 Å². The minimum absolute atomic E-state index is 0.105. The van der Waals surface area contributed by atoms with Crippen LogP contribution in [0, 0.1) is 10.1 Å². The van der Waals surface area contributed by atoms with Crippen molar-refractivity contribution in [2.45, 2.75) is 31.4 Å². The molecular weight excluding hydrogens is 388 g/mol. The average Bonchev–Trinajstić information content (AvgIpc) is 2.79. The van der Waals surface area contributed by atoms with Crippen molar-refractivity contribution in [3.63, 3.8) is 0 Å². The van der Waals surface area contributed by atoms with Crippen molar-refractivity contribution in [3.05, 3.63) is 88.0 Å². The van der Waals surface area contributed by atoms with Gasteiger partial charge in [-0.25, -0.2) is 0 Å². The van der Waals surface area contributed by atoms with Crippen molar-refractivity contribution in [2.75, 3.05) is 21.2 Å². The van der Waals surface area contributed by atoms with E-state index in [4.69, 9.17) is 4.74 Å². The fraction of sp³-hybridized carbons (Fsp3) is 0.308. The van der Waals surface area contributed by atoms with Crippen LogP contribution in [0.25, 0.3) is 22.3 Å². The van der Waals surface area contributed by atoms with E-state index in [2.05, 4.69) is 56.3 Å². The van der Waals surface area contributed by atoms with Gasteiger partial charge in [-0.3, -0.25) is 10.1 Å². The lowest BCUT2D eigenvalue weighted by molar-refractivity contribution is -0.384. The fourth-order valence-electron chi connectivity index (χ4n) is 4.86. The van der Waals surface area contributed by atoms with Gasteiger partial charge in [-0.1, -0.05) is 54.6 Å². The van der Waals surface area contributed by atoms with E-state index in [9.17, 15) is 10.1 Å². The SMILES string of the molecule is COC1(C)c2ccc(-c3ccc(-c4cccc([N+](=O)[O-])c4)cc3)cc2CCC1N(C)C. The molecule has 2 unspecified atom stereocenters. The predicted octanol–water partition coefficient (Wildman–Crippen LogP) is 5.67. The van der Waals surface area contributed by atoms with Crippen molar-refractivity contribution in [3.8, 4) is 22.3 Å². The van der Waals surface area contributed by atoms with Crippen LogP contribution in [0.4, 0.5) is 5.69 Å². The van der Waals surface area contributed by atoms with Crippen molar-refractivity contribution < 1.29 is 9.66 Å². The van der Waals surface area contributed by atoms with Gasteiger partial charge in [0.2, 0.25) is 0 Å². The molecule has 3 aromatic rings. The number of methoxy groups -OCH3 is 1.